The van der Waals surface area contributed by atoms with Crippen LogP contribution < -0.4 is 5.32 Å². The van der Waals surface area contributed by atoms with E-state index in [0.29, 0.717) is 23.4 Å². The van der Waals surface area contributed by atoms with Crippen LogP contribution in [0.4, 0.5) is 5.00 Å². The molecule has 1 amide bonds. The molecule has 0 spiro atoms. The van der Waals surface area contributed by atoms with Crippen molar-refractivity contribution in [2.24, 2.45) is 11.8 Å². The Hall–Kier alpha value is -2.15. The summed E-state index contributed by atoms with van der Waals surface area (Å²) in [6.07, 6.45) is 6.06. The van der Waals surface area contributed by atoms with Crippen molar-refractivity contribution in [1.29, 1.82) is 0 Å². The highest BCUT2D eigenvalue weighted by Crippen LogP contribution is 2.32. The Balaban J connectivity index is 2.22. The summed E-state index contributed by atoms with van der Waals surface area (Å²) in [5.74, 6) is -3.21. The van der Waals surface area contributed by atoms with Crippen LogP contribution in [0.5, 0.6) is 0 Å². The number of esters is 1. The van der Waals surface area contributed by atoms with Crippen LogP contribution in [-0.4, -0.2) is 29.6 Å². The summed E-state index contributed by atoms with van der Waals surface area (Å²) in [5.41, 5.74) is 0.335. The summed E-state index contributed by atoms with van der Waals surface area (Å²) >= 11 is 1.34. The van der Waals surface area contributed by atoms with Crippen LogP contribution in [0.2, 0.25) is 0 Å². The largest absolute Gasteiger partial charge is 0.481 e. The van der Waals surface area contributed by atoms with E-state index in [0.717, 1.165) is 17.7 Å². The van der Waals surface area contributed by atoms with Gasteiger partial charge in [0.1, 0.15) is 5.00 Å². The standard InChI is InChI=1S/C18H23NO5S/c1-3-7-11-10-14(18(23)24-4-2)16(25-11)19-15(20)12-8-5-6-9-13(12)17(21)22/h5-6,10,12-13H,3-4,7-9H2,1-2H3,(H,19,20)(H,21,22)/t12-,13-/m1/s1. The van der Waals surface area contributed by atoms with Crippen LogP contribution in [0.25, 0.3) is 0 Å². The van der Waals surface area contributed by atoms with Crippen molar-refractivity contribution in [3.05, 3.63) is 28.7 Å². The molecule has 1 heterocycles. The second-order valence-corrected chi connectivity index (χ2v) is 7.05. The number of aryl methyl sites for hydroxylation is 1. The third-order valence-corrected chi connectivity index (χ3v) is 5.21. The zero-order valence-corrected chi connectivity index (χ0v) is 15.2. The third-order valence-electron chi connectivity index (χ3n) is 4.10. The zero-order chi connectivity index (χ0) is 18.4. The number of anilines is 1. The van der Waals surface area contributed by atoms with E-state index < -0.39 is 23.8 Å². The van der Waals surface area contributed by atoms with Gasteiger partial charge in [0.2, 0.25) is 5.91 Å². The second kappa shape index (κ2) is 8.80. The number of allylic oxidation sites excluding steroid dienone is 2. The van der Waals surface area contributed by atoms with E-state index in [-0.39, 0.29) is 12.5 Å². The van der Waals surface area contributed by atoms with Gasteiger partial charge in [0.15, 0.2) is 0 Å². The van der Waals surface area contributed by atoms with Gasteiger partial charge in [0, 0.05) is 4.88 Å². The normalized spacial score (nSPS) is 19.4. The number of amides is 1. The molecular weight excluding hydrogens is 342 g/mol. The molecule has 2 atom stereocenters. The molecule has 136 valence electrons. The van der Waals surface area contributed by atoms with Gasteiger partial charge in [-0.15, -0.1) is 11.3 Å². The molecule has 2 N–H and O–H groups in total. The molecule has 0 saturated carbocycles. The lowest BCUT2D eigenvalue weighted by molar-refractivity contribution is -0.146. The Morgan fingerprint density at radius 3 is 2.52 bits per heavy atom. The minimum Gasteiger partial charge on any atom is -0.481 e. The van der Waals surface area contributed by atoms with Gasteiger partial charge in [0.05, 0.1) is 24.0 Å². The molecule has 0 bridgehead atoms. The van der Waals surface area contributed by atoms with Crippen molar-refractivity contribution in [3.8, 4) is 0 Å². The molecule has 1 aromatic rings. The number of nitrogens with one attached hydrogen (secondary N) is 1. The van der Waals surface area contributed by atoms with Crippen molar-refractivity contribution < 1.29 is 24.2 Å². The van der Waals surface area contributed by atoms with Gasteiger partial charge in [0.25, 0.3) is 0 Å². The molecule has 25 heavy (non-hydrogen) atoms. The van der Waals surface area contributed by atoms with Gasteiger partial charge in [-0.3, -0.25) is 9.59 Å². The molecule has 1 aliphatic carbocycles. The van der Waals surface area contributed by atoms with Gasteiger partial charge < -0.3 is 15.2 Å². The number of ether oxygens (including phenoxy) is 1. The maximum Gasteiger partial charge on any atom is 0.341 e. The molecule has 6 nitrogen and oxygen atoms in total. The molecule has 0 saturated heterocycles. The van der Waals surface area contributed by atoms with Crippen LogP contribution in [0.15, 0.2) is 18.2 Å². The summed E-state index contributed by atoms with van der Waals surface area (Å²) in [6, 6.07) is 1.75. The highest BCUT2D eigenvalue weighted by Gasteiger charge is 2.34. The Kier molecular flexibility index (Phi) is 6.75. The molecule has 0 fully saturated rings. The Morgan fingerprint density at radius 1 is 1.24 bits per heavy atom. The fourth-order valence-electron chi connectivity index (χ4n) is 2.85. The summed E-state index contributed by atoms with van der Waals surface area (Å²) in [4.78, 5) is 37.1. The van der Waals surface area contributed by atoms with Crippen LogP contribution in [0.1, 0.15) is 48.3 Å². The number of thiophene rings is 1. The van der Waals surface area contributed by atoms with Gasteiger partial charge in [-0.1, -0.05) is 25.5 Å². The summed E-state index contributed by atoms with van der Waals surface area (Å²) < 4.78 is 5.06. The minimum absolute atomic E-state index is 0.250. The van der Waals surface area contributed by atoms with Crippen molar-refractivity contribution in [1.82, 2.24) is 0 Å². The number of aliphatic carboxylic acids is 1. The first kappa shape index (κ1) is 19.2. The fourth-order valence-corrected chi connectivity index (χ4v) is 4.00. The highest BCUT2D eigenvalue weighted by molar-refractivity contribution is 7.16. The van der Waals surface area contributed by atoms with Crippen molar-refractivity contribution in [2.75, 3.05) is 11.9 Å². The molecule has 0 aromatic carbocycles. The molecule has 2 rings (SSSR count). The van der Waals surface area contributed by atoms with Crippen LogP contribution in [-0.2, 0) is 20.7 Å². The first-order valence-corrected chi connectivity index (χ1v) is 9.28. The Labute approximate surface area is 150 Å². The molecule has 1 aromatic heterocycles. The SMILES string of the molecule is CCCc1cc(C(=O)OCC)c(NC(=O)[C@@H]2CC=CC[C@H]2C(=O)O)s1. The summed E-state index contributed by atoms with van der Waals surface area (Å²) in [7, 11) is 0. The van der Waals surface area contributed by atoms with Gasteiger partial charge >= 0.3 is 11.9 Å². The van der Waals surface area contributed by atoms with Gasteiger partial charge in [-0.2, -0.15) is 0 Å². The van der Waals surface area contributed by atoms with Crippen LogP contribution >= 0.6 is 11.3 Å². The number of carboxylic acids is 1. The summed E-state index contributed by atoms with van der Waals surface area (Å²) in [5, 5.41) is 12.5. The van der Waals surface area contributed by atoms with Crippen molar-refractivity contribution in [2.45, 2.75) is 39.5 Å². The van der Waals surface area contributed by atoms with E-state index in [1.54, 1.807) is 19.1 Å². The Morgan fingerprint density at radius 2 is 1.92 bits per heavy atom. The van der Waals surface area contributed by atoms with E-state index in [2.05, 4.69) is 5.32 Å². The quantitative estimate of drug-likeness (QED) is 0.570. The van der Waals surface area contributed by atoms with E-state index >= 15 is 0 Å². The molecule has 1 aliphatic rings. The number of carbonyl (C=O) groups excluding carboxylic acids is 2. The number of hydrogen-bond donors (Lipinski definition) is 2. The zero-order valence-electron chi connectivity index (χ0n) is 14.4. The molecule has 0 radical (unpaired) electrons. The predicted octanol–water partition coefficient (Wildman–Crippen LogP) is 3.48. The van der Waals surface area contributed by atoms with E-state index in [4.69, 9.17) is 4.74 Å². The first-order chi connectivity index (χ1) is 12.0. The van der Waals surface area contributed by atoms with Gasteiger partial charge in [-0.05, 0) is 32.3 Å². The second-order valence-electron chi connectivity index (χ2n) is 5.91. The lowest BCUT2D eigenvalue weighted by atomic mass is 9.82. The lowest BCUT2D eigenvalue weighted by Gasteiger charge is -2.24. The van der Waals surface area contributed by atoms with E-state index in [9.17, 15) is 19.5 Å². The van der Waals surface area contributed by atoms with Crippen molar-refractivity contribution in [3.63, 3.8) is 0 Å². The number of hydrogen-bond acceptors (Lipinski definition) is 5. The van der Waals surface area contributed by atoms with Crippen LogP contribution in [0.3, 0.4) is 0 Å². The number of carbonyl (C=O) groups is 3. The third kappa shape index (κ3) is 4.69. The lowest BCUT2D eigenvalue weighted by Crippen LogP contribution is -2.34. The Bertz CT molecular complexity index is 679. The molecule has 0 unspecified atom stereocenters. The molecule has 0 aliphatic heterocycles. The average molecular weight is 365 g/mol. The smallest absolute Gasteiger partial charge is 0.341 e. The number of carboxylic acid groups (broad SMARTS) is 1. The van der Waals surface area contributed by atoms with Crippen molar-refractivity contribution >= 4 is 34.2 Å². The summed E-state index contributed by atoms with van der Waals surface area (Å²) in [6.45, 7) is 4.01. The fraction of sp³-hybridized carbons (Fsp3) is 0.500. The monoisotopic (exact) mass is 365 g/mol. The maximum atomic E-state index is 12.6. The average Bonchev–Trinajstić information content (AvgIpc) is 2.98. The van der Waals surface area contributed by atoms with E-state index in [1.807, 2.05) is 13.0 Å². The van der Waals surface area contributed by atoms with Crippen LogP contribution in [0, 0.1) is 11.8 Å². The minimum atomic E-state index is -0.979. The predicted molar refractivity (Wildman–Crippen MR) is 95.9 cm³/mol. The van der Waals surface area contributed by atoms with Gasteiger partial charge in [-0.25, -0.2) is 4.79 Å². The molecule has 7 heteroatoms. The first-order valence-electron chi connectivity index (χ1n) is 8.46. The number of rotatable bonds is 7. The highest BCUT2D eigenvalue weighted by atomic mass is 32.1. The topological polar surface area (TPSA) is 92.7 Å². The van der Waals surface area contributed by atoms with E-state index in [1.165, 1.54) is 11.3 Å². The maximum absolute atomic E-state index is 12.6. The molecular formula is C18H23NO5S.